The molecular weight excluding hydrogens is 182 g/mol. The lowest BCUT2D eigenvalue weighted by Crippen LogP contribution is -2.39. The molecule has 90 valence electrons. The van der Waals surface area contributed by atoms with Crippen LogP contribution in [0.5, 0.6) is 0 Å². The van der Waals surface area contributed by atoms with Crippen LogP contribution in [0, 0.1) is 5.92 Å². The van der Waals surface area contributed by atoms with Crippen LogP contribution in [0.2, 0.25) is 0 Å². The smallest absolute Gasteiger partial charge is 0.00694 e. The molecule has 0 spiro atoms. The summed E-state index contributed by atoms with van der Waals surface area (Å²) >= 11 is 0. The third kappa shape index (κ3) is 5.01. The van der Waals surface area contributed by atoms with Gasteiger partial charge in [-0.1, -0.05) is 39.0 Å². The van der Waals surface area contributed by atoms with Crippen molar-refractivity contribution in [2.75, 3.05) is 0 Å². The molecule has 1 N–H and O–H groups in total. The van der Waals surface area contributed by atoms with Crippen molar-refractivity contribution >= 4 is 0 Å². The molecule has 1 fully saturated rings. The molecule has 1 saturated carbocycles. The molecule has 0 radical (unpaired) electrons. The van der Waals surface area contributed by atoms with E-state index in [9.17, 15) is 0 Å². The maximum absolute atomic E-state index is 3.78. The van der Waals surface area contributed by atoms with Gasteiger partial charge in [0.25, 0.3) is 0 Å². The number of rotatable bonds is 5. The molecule has 0 amide bonds. The monoisotopic (exact) mass is 211 g/mol. The minimum absolute atomic E-state index is 0.702. The highest BCUT2D eigenvalue weighted by atomic mass is 14.9. The lowest BCUT2D eigenvalue weighted by atomic mass is 9.92. The summed E-state index contributed by atoms with van der Waals surface area (Å²) in [5, 5.41) is 3.78. The Labute approximate surface area is 96.0 Å². The van der Waals surface area contributed by atoms with E-state index in [4.69, 9.17) is 0 Å². The molecule has 0 bridgehead atoms. The van der Waals surface area contributed by atoms with Crippen molar-refractivity contribution in [3.8, 4) is 0 Å². The van der Waals surface area contributed by atoms with E-state index in [2.05, 4.69) is 26.1 Å². The first-order valence-corrected chi connectivity index (χ1v) is 7.00. The summed E-state index contributed by atoms with van der Waals surface area (Å²) in [6.07, 6.45) is 11.4. The van der Waals surface area contributed by atoms with Crippen molar-refractivity contribution in [3.05, 3.63) is 0 Å². The Bertz CT molecular complexity index is 147. The molecule has 1 aliphatic rings. The molecule has 1 rings (SSSR count). The van der Waals surface area contributed by atoms with Gasteiger partial charge in [-0.15, -0.1) is 0 Å². The minimum atomic E-state index is 0.702. The molecule has 1 aliphatic carbocycles. The Kier molecular flexibility index (Phi) is 6.31. The molecular formula is C14H29N. The first kappa shape index (κ1) is 13.0. The second-order valence-corrected chi connectivity index (χ2v) is 5.40. The zero-order valence-electron chi connectivity index (χ0n) is 10.9. The van der Waals surface area contributed by atoms with Crippen LogP contribution >= 0.6 is 0 Å². The van der Waals surface area contributed by atoms with Crippen molar-refractivity contribution in [2.24, 2.45) is 5.92 Å². The van der Waals surface area contributed by atoms with Crippen LogP contribution in [0.4, 0.5) is 0 Å². The van der Waals surface area contributed by atoms with E-state index in [-0.39, 0.29) is 0 Å². The molecule has 0 heterocycles. The van der Waals surface area contributed by atoms with Gasteiger partial charge in [0.15, 0.2) is 0 Å². The summed E-state index contributed by atoms with van der Waals surface area (Å²) in [7, 11) is 0. The first-order valence-electron chi connectivity index (χ1n) is 7.00. The fourth-order valence-corrected chi connectivity index (χ4v) is 2.91. The maximum atomic E-state index is 3.78. The Hall–Kier alpha value is -0.0400. The van der Waals surface area contributed by atoms with Crippen LogP contribution in [0.3, 0.4) is 0 Å². The molecule has 1 nitrogen and oxygen atoms in total. The molecule has 0 aromatic rings. The van der Waals surface area contributed by atoms with Crippen molar-refractivity contribution < 1.29 is 0 Å². The third-order valence-electron chi connectivity index (χ3n) is 3.88. The van der Waals surface area contributed by atoms with Crippen molar-refractivity contribution in [3.63, 3.8) is 0 Å². The van der Waals surface area contributed by atoms with Gasteiger partial charge in [0.05, 0.1) is 0 Å². The molecule has 0 aliphatic heterocycles. The van der Waals surface area contributed by atoms with E-state index < -0.39 is 0 Å². The topological polar surface area (TPSA) is 12.0 Å². The quantitative estimate of drug-likeness (QED) is 0.674. The predicted octanol–water partition coefficient (Wildman–Crippen LogP) is 4.12. The van der Waals surface area contributed by atoms with Gasteiger partial charge in [-0.25, -0.2) is 0 Å². The zero-order chi connectivity index (χ0) is 11.1. The lowest BCUT2D eigenvalue weighted by molar-refractivity contribution is 0.308. The zero-order valence-corrected chi connectivity index (χ0v) is 10.9. The molecule has 1 unspecified atom stereocenters. The average molecular weight is 211 g/mol. The normalized spacial score (nSPS) is 23.4. The highest BCUT2D eigenvalue weighted by molar-refractivity contribution is 4.77. The van der Waals surface area contributed by atoms with E-state index in [1.54, 1.807) is 0 Å². The summed E-state index contributed by atoms with van der Waals surface area (Å²) in [6, 6.07) is 1.43. The van der Waals surface area contributed by atoms with Gasteiger partial charge < -0.3 is 5.32 Å². The van der Waals surface area contributed by atoms with Crippen LogP contribution in [-0.4, -0.2) is 12.1 Å². The first-order chi connectivity index (χ1) is 7.24. The Balaban J connectivity index is 2.27. The number of hydrogen-bond acceptors (Lipinski definition) is 1. The Morgan fingerprint density at radius 2 is 1.67 bits per heavy atom. The van der Waals surface area contributed by atoms with Gasteiger partial charge in [-0.3, -0.25) is 0 Å². The largest absolute Gasteiger partial charge is 0.312 e. The van der Waals surface area contributed by atoms with E-state index in [0.717, 1.165) is 12.0 Å². The molecule has 0 aromatic heterocycles. The maximum Gasteiger partial charge on any atom is 0.00694 e. The summed E-state index contributed by atoms with van der Waals surface area (Å²) < 4.78 is 0. The molecule has 15 heavy (non-hydrogen) atoms. The Morgan fingerprint density at radius 1 is 1.07 bits per heavy atom. The van der Waals surface area contributed by atoms with Crippen molar-refractivity contribution in [2.45, 2.75) is 84.2 Å². The highest BCUT2D eigenvalue weighted by Gasteiger charge is 2.19. The van der Waals surface area contributed by atoms with Gasteiger partial charge in [-0.05, 0) is 39.0 Å². The number of hydrogen-bond donors (Lipinski definition) is 1. The molecule has 0 aromatic carbocycles. The van der Waals surface area contributed by atoms with E-state index in [1.165, 1.54) is 51.4 Å². The lowest BCUT2D eigenvalue weighted by Gasteiger charge is -2.27. The summed E-state index contributed by atoms with van der Waals surface area (Å²) in [5.74, 6) is 0.937. The second kappa shape index (κ2) is 7.27. The van der Waals surface area contributed by atoms with E-state index in [0.29, 0.717) is 6.04 Å². The Morgan fingerprint density at radius 3 is 2.20 bits per heavy atom. The molecule has 1 heteroatoms. The highest BCUT2D eigenvalue weighted by Crippen LogP contribution is 2.25. The van der Waals surface area contributed by atoms with Crippen molar-refractivity contribution in [1.82, 2.24) is 5.32 Å². The SMILES string of the molecule is CCCC(C)N[C@H](C)C1CCCCCC1. The van der Waals surface area contributed by atoms with Gasteiger partial charge in [-0.2, -0.15) is 0 Å². The minimum Gasteiger partial charge on any atom is -0.312 e. The second-order valence-electron chi connectivity index (χ2n) is 5.40. The van der Waals surface area contributed by atoms with Crippen LogP contribution < -0.4 is 5.32 Å². The van der Waals surface area contributed by atoms with Crippen molar-refractivity contribution in [1.29, 1.82) is 0 Å². The standard InChI is InChI=1S/C14H29N/c1-4-9-12(2)15-13(3)14-10-7-5-6-8-11-14/h12-15H,4-11H2,1-3H3/t12?,13-/m1/s1. The van der Waals surface area contributed by atoms with Gasteiger partial charge in [0, 0.05) is 12.1 Å². The third-order valence-corrected chi connectivity index (χ3v) is 3.88. The van der Waals surface area contributed by atoms with E-state index in [1.807, 2.05) is 0 Å². The molecule has 0 saturated heterocycles. The van der Waals surface area contributed by atoms with Gasteiger partial charge in [0.2, 0.25) is 0 Å². The van der Waals surface area contributed by atoms with Gasteiger partial charge >= 0.3 is 0 Å². The fraction of sp³-hybridized carbons (Fsp3) is 1.00. The van der Waals surface area contributed by atoms with Gasteiger partial charge in [0.1, 0.15) is 0 Å². The summed E-state index contributed by atoms with van der Waals surface area (Å²) in [4.78, 5) is 0. The average Bonchev–Trinajstić information content (AvgIpc) is 2.45. The van der Waals surface area contributed by atoms with Crippen LogP contribution in [-0.2, 0) is 0 Å². The summed E-state index contributed by atoms with van der Waals surface area (Å²) in [5.41, 5.74) is 0. The van der Waals surface area contributed by atoms with Crippen LogP contribution in [0.1, 0.15) is 72.1 Å². The van der Waals surface area contributed by atoms with Crippen LogP contribution in [0.15, 0.2) is 0 Å². The number of nitrogens with one attached hydrogen (secondary N) is 1. The predicted molar refractivity (Wildman–Crippen MR) is 68.2 cm³/mol. The van der Waals surface area contributed by atoms with E-state index >= 15 is 0 Å². The van der Waals surface area contributed by atoms with Crippen LogP contribution in [0.25, 0.3) is 0 Å². The fourth-order valence-electron chi connectivity index (χ4n) is 2.91. The molecule has 2 atom stereocenters. The summed E-state index contributed by atoms with van der Waals surface area (Å²) in [6.45, 7) is 6.99.